The zero-order chi connectivity index (χ0) is 12.8. The molecule has 2 aliphatic rings. The van der Waals surface area contributed by atoms with Gasteiger partial charge in [-0.1, -0.05) is 6.07 Å². The highest BCUT2D eigenvalue weighted by atomic mass is 32.2. The number of hydrogen-bond acceptors (Lipinski definition) is 4. The number of hydrogen-bond donors (Lipinski definition) is 1. The maximum absolute atomic E-state index is 11.4. The van der Waals surface area contributed by atoms with Crippen molar-refractivity contribution in [1.29, 1.82) is 0 Å². The molecule has 0 amide bonds. The molecule has 18 heavy (non-hydrogen) atoms. The number of fused-ring (bicyclic) bond motifs is 1. The summed E-state index contributed by atoms with van der Waals surface area (Å²) >= 11 is 0. The molecule has 1 aromatic carbocycles. The van der Waals surface area contributed by atoms with Crippen LogP contribution in [0.1, 0.15) is 23.6 Å². The van der Waals surface area contributed by atoms with E-state index in [-0.39, 0.29) is 17.5 Å². The second-order valence-corrected chi connectivity index (χ2v) is 7.47. The number of aryl methyl sites for hydroxylation is 1. The first-order valence-corrected chi connectivity index (χ1v) is 8.21. The van der Waals surface area contributed by atoms with Gasteiger partial charge in [-0.3, -0.25) is 0 Å². The largest absolute Gasteiger partial charge is 0.369 e. The van der Waals surface area contributed by atoms with Gasteiger partial charge in [0.1, 0.15) is 0 Å². The zero-order valence-corrected chi connectivity index (χ0v) is 11.1. The normalized spacial score (nSPS) is 26.1. The lowest BCUT2D eigenvalue weighted by Crippen LogP contribution is -2.40. The van der Waals surface area contributed by atoms with Gasteiger partial charge in [0.15, 0.2) is 9.84 Å². The number of benzene rings is 1. The summed E-state index contributed by atoms with van der Waals surface area (Å²) < 4.78 is 22.8. The highest BCUT2D eigenvalue weighted by Gasteiger charge is 2.24. The molecule has 1 fully saturated rings. The van der Waals surface area contributed by atoms with Gasteiger partial charge in [-0.15, -0.1) is 0 Å². The second kappa shape index (κ2) is 4.24. The van der Waals surface area contributed by atoms with E-state index in [1.165, 1.54) is 11.1 Å². The number of nitrogens with two attached hydrogens (primary N) is 1. The van der Waals surface area contributed by atoms with E-state index in [0.29, 0.717) is 13.1 Å². The minimum Gasteiger partial charge on any atom is -0.369 e. The van der Waals surface area contributed by atoms with Gasteiger partial charge >= 0.3 is 0 Å². The van der Waals surface area contributed by atoms with Gasteiger partial charge < -0.3 is 10.6 Å². The molecule has 3 rings (SSSR count). The molecule has 5 heteroatoms. The van der Waals surface area contributed by atoms with Gasteiger partial charge in [0.05, 0.1) is 11.5 Å². The molecule has 98 valence electrons. The van der Waals surface area contributed by atoms with E-state index < -0.39 is 9.84 Å². The molecule has 1 saturated heterocycles. The van der Waals surface area contributed by atoms with Gasteiger partial charge in [0, 0.05) is 24.8 Å². The molecule has 0 aromatic heterocycles. The van der Waals surface area contributed by atoms with E-state index in [1.54, 1.807) is 0 Å². The molecule has 0 radical (unpaired) electrons. The van der Waals surface area contributed by atoms with Crippen LogP contribution in [0.2, 0.25) is 0 Å². The van der Waals surface area contributed by atoms with Crippen molar-refractivity contribution >= 4 is 15.5 Å². The van der Waals surface area contributed by atoms with E-state index in [0.717, 1.165) is 18.5 Å². The fourth-order valence-electron chi connectivity index (χ4n) is 2.80. The van der Waals surface area contributed by atoms with Gasteiger partial charge in [-0.2, -0.15) is 0 Å². The maximum atomic E-state index is 11.4. The highest BCUT2D eigenvalue weighted by Crippen LogP contribution is 2.32. The molecule has 1 aliphatic carbocycles. The van der Waals surface area contributed by atoms with Crippen molar-refractivity contribution in [3.05, 3.63) is 29.3 Å². The van der Waals surface area contributed by atoms with Crippen molar-refractivity contribution in [3.63, 3.8) is 0 Å². The summed E-state index contributed by atoms with van der Waals surface area (Å²) in [6, 6.07) is 6.53. The standard InChI is InChI=1S/C13H18N2O2S/c14-13-4-1-10-9-11(2-3-12(10)13)15-5-7-18(16,17)8-6-15/h2-3,9,13H,1,4-8,14H2. The van der Waals surface area contributed by atoms with Crippen LogP contribution in [-0.2, 0) is 16.3 Å². The molecule has 1 heterocycles. The minimum atomic E-state index is -2.81. The monoisotopic (exact) mass is 266 g/mol. The molecular formula is C13H18N2O2S. The Hall–Kier alpha value is -1.07. The molecule has 0 bridgehead atoms. The smallest absolute Gasteiger partial charge is 0.153 e. The Morgan fingerprint density at radius 3 is 2.67 bits per heavy atom. The summed E-state index contributed by atoms with van der Waals surface area (Å²) in [7, 11) is -2.81. The van der Waals surface area contributed by atoms with Gasteiger partial charge in [0.25, 0.3) is 0 Å². The Balaban J connectivity index is 1.82. The van der Waals surface area contributed by atoms with Crippen LogP contribution in [0, 0.1) is 0 Å². The molecule has 0 spiro atoms. The topological polar surface area (TPSA) is 63.4 Å². The summed E-state index contributed by atoms with van der Waals surface area (Å²) in [5.74, 6) is 0.535. The summed E-state index contributed by atoms with van der Waals surface area (Å²) in [6.07, 6.45) is 2.06. The highest BCUT2D eigenvalue weighted by molar-refractivity contribution is 7.91. The molecule has 1 aliphatic heterocycles. The van der Waals surface area contributed by atoms with Crippen LogP contribution in [0.25, 0.3) is 0 Å². The number of rotatable bonds is 1. The van der Waals surface area contributed by atoms with E-state index in [9.17, 15) is 8.42 Å². The number of sulfone groups is 1. The average molecular weight is 266 g/mol. The average Bonchev–Trinajstić information content (AvgIpc) is 2.71. The molecule has 1 aromatic rings. The van der Waals surface area contributed by atoms with Crippen LogP contribution < -0.4 is 10.6 Å². The lowest BCUT2D eigenvalue weighted by Gasteiger charge is -2.29. The lowest BCUT2D eigenvalue weighted by molar-refractivity contribution is 0.587. The SMILES string of the molecule is NC1CCc2cc(N3CCS(=O)(=O)CC3)ccc21. The Morgan fingerprint density at radius 2 is 1.94 bits per heavy atom. The van der Waals surface area contributed by atoms with Crippen molar-refractivity contribution < 1.29 is 8.42 Å². The third kappa shape index (κ3) is 2.12. The van der Waals surface area contributed by atoms with Crippen LogP contribution in [0.15, 0.2) is 18.2 Å². The first-order chi connectivity index (χ1) is 8.55. The minimum absolute atomic E-state index is 0.177. The van der Waals surface area contributed by atoms with Crippen molar-refractivity contribution in [2.24, 2.45) is 5.73 Å². The van der Waals surface area contributed by atoms with Crippen molar-refractivity contribution in [1.82, 2.24) is 0 Å². The second-order valence-electron chi connectivity index (χ2n) is 5.17. The van der Waals surface area contributed by atoms with Crippen LogP contribution in [0.3, 0.4) is 0 Å². The Kier molecular flexibility index (Phi) is 2.83. The summed E-state index contributed by atoms with van der Waals surface area (Å²) in [6.45, 7) is 1.21. The van der Waals surface area contributed by atoms with Crippen LogP contribution in [0.4, 0.5) is 5.69 Å². The molecule has 1 unspecified atom stereocenters. The third-order valence-electron chi connectivity index (χ3n) is 3.96. The predicted octanol–water partition coefficient (Wildman–Crippen LogP) is 0.867. The predicted molar refractivity (Wildman–Crippen MR) is 72.6 cm³/mol. The third-order valence-corrected chi connectivity index (χ3v) is 5.57. The quantitative estimate of drug-likeness (QED) is 0.819. The molecular weight excluding hydrogens is 248 g/mol. The Bertz CT molecular complexity index is 554. The lowest BCUT2D eigenvalue weighted by atomic mass is 10.1. The zero-order valence-electron chi connectivity index (χ0n) is 10.3. The van der Waals surface area contributed by atoms with Crippen molar-refractivity contribution in [3.8, 4) is 0 Å². The van der Waals surface area contributed by atoms with E-state index in [1.807, 2.05) is 0 Å². The van der Waals surface area contributed by atoms with Crippen LogP contribution in [0.5, 0.6) is 0 Å². The summed E-state index contributed by atoms with van der Waals surface area (Å²) in [4.78, 5) is 2.16. The first-order valence-electron chi connectivity index (χ1n) is 6.39. The molecule has 1 atom stereocenters. The summed E-state index contributed by atoms with van der Waals surface area (Å²) in [5, 5.41) is 0. The van der Waals surface area contributed by atoms with Gasteiger partial charge in [-0.05, 0) is 36.1 Å². The fourth-order valence-corrected chi connectivity index (χ4v) is 4.01. The van der Waals surface area contributed by atoms with Gasteiger partial charge in [-0.25, -0.2) is 8.42 Å². The van der Waals surface area contributed by atoms with Crippen LogP contribution >= 0.6 is 0 Å². The number of nitrogens with zero attached hydrogens (tertiary/aromatic N) is 1. The van der Waals surface area contributed by atoms with E-state index in [4.69, 9.17) is 5.73 Å². The summed E-state index contributed by atoms with van der Waals surface area (Å²) in [5.41, 5.74) is 9.73. The number of anilines is 1. The molecule has 4 nitrogen and oxygen atoms in total. The van der Waals surface area contributed by atoms with Crippen molar-refractivity contribution in [2.75, 3.05) is 29.5 Å². The first kappa shape index (κ1) is 12.0. The molecule has 0 saturated carbocycles. The van der Waals surface area contributed by atoms with Gasteiger partial charge in [0.2, 0.25) is 0 Å². The van der Waals surface area contributed by atoms with E-state index >= 15 is 0 Å². The Labute approximate surface area is 108 Å². The Morgan fingerprint density at radius 1 is 1.22 bits per heavy atom. The van der Waals surface area contributed by atoms with E-state index in [2.05, 4.69) is 23.1 Å². The molecule has 2 N–H and O–H groups in total. The fraction of sp³-hybridized carbons (Fsp3) is 0.538. The van der Waals surface area contributed by atoms with Crippen molar-refractivity contribution in [2.45, 2.75) is 18.9 Å². The van der Waals surface area contributed by atoms with Crippen LogP contribution in [-0.4, -0.2) is 33.0 Å². The maximum Gasteiger partial charge on any atom is 0.153 e.